The summed E-state index contributed by atoms with van der Waals surface area (Å²) in [6.45, 7) is 6.01. The van der Waals surface area contributed by atoms with Crippen molar-refractivity contribution in [3.63, 3.8) is 0 Å². The topological polar surface area (TPSA) is 319 Å². The minimum atomic E-state index is -1.44. The number of para-hydroxylation sites is 2. The highest BCUT2D eigenvalue weighted by Crippen LogP contribution is 2.25. The molecule has 0 unspecified atom stereocenters. The molecule has 0 spiro atoms. The number of piperidine rings is 1. The monoisotopic (exact) mass is 1340 g/mol. The van der Waals surface area contributed by atoms with E-state index >= 15 is 4.79 Å². The molecule has 3 fully saturated rings. The number of hydrogen-bond donors (Lipinski definition) is 7. The number of unbranched alkanes of at least 4 members (excludes halogenated alkanes) is 1. The van der Waals surface area contributed by atoms with E-state index in [1.807, 2.05) is 55.5 Å². The molecule has 5 aromatic rings. The highest BCUT2D eigenvalue weighted by molar-refractivity contribution is 6.30. The number of nitrogens with zero attached hydrogens (tertiary/aromatic N) is 7. The van der Waals surface area contributed by atoms with Crippen LogP contribution in [0.2, 0.25) is 5.02 Å². The molecular weight excluding hydrogens is 1250 g/mol. The first-order chi connectivity index (χ1) is 45.8. The molecule has 2 aromatic heterocycles. The van der Waals surface area contributed by atoms with Gasteiger partial charge in [-0.05, 0) is 100 Å². The van der Waals surface area contributed by atoms with Gasteiger partial charge in [0.1, 0.15) is 54.4 Å². The Bertz CT molecular complexity index is 3700. The second kappa shape index (κ2) is 32.9. The van der Waals surface area contributed by atoms with Crippen LogP contribution in [0.5, 0.6) is 0 Å². The molecule has 0 saturated carbocycles. The number of aromatic amines is 2. The third kappa shape index (κ3) is 17.8. The van der Waals surface area contributed by atoms with Gasteiger partial charge >= 0.3 is 0 Å². The summed E-state index contributed by atoms with van der Waals surface area (Å²) in [7, 11) is 6.93. The number of nitrogens with one attached hydrogen (secondary N) is 7. The van der Waals surface area contributed by atoms with E-state index in [1.165, 1.54) is 70.7 Å². The fourth-order valence-corrected chi connectivity index (χ4v) is 12.9. The molecule has 26 nitrogen and oxygen atoms in total. The van der Waals surface area contributed by atoms with Crippen molar-refractivity contribution in [3.05, 3.63) is 107 Å². The van der Waals surface area contributed by atoms with E-state index in [9.17, 15) is 52.7 Å². The van der Waals surface area contributed by atoms with Crippen LogP contribution in [-0.2, 0) is 76.8 Å². The molecule has 12 amide bonds. The molecule has 9 atom stereocenters. The summed E-state index contributed by atoms with van der Waals surface area (Å²) < 4.78 is 0. The van der Waals surface area contributed by atoms with Gasteiger partial charge in [-0.3, -0.25) is 57.5 Å². The van der Waals surface area contributed by atoms with Crippen molar-refractivity contribution in [2.75, 3.05) is 68.0 Å². The standard InChI is InChI=1S/C69H91ClN14O12/c1-10-11-25-52-62(89)76-54(35-46-38-72-51-27-16-14-24-49(46)51)67(94)81(8)42(3)65(92)78(5)39-59(86)80(7)43(4)66(93)82(9)57(33-44-21-19-22-47(70)32-44)69(96)79(6)40-60(87)84-31-20-28-56(84)64(91)77-55(68(95)83-29-17-12-18-30-83)36-58(85)73-41(2)61(88)75-53(63(90)74-52)34-45-37-71-50-26-15-13-23-48(45)50/h13-16,19,21-24,26-27,32,37-38,41-43,52-57,71-72H,10-12,17-18,20,25,28-31,33-36,39-40H2,1-9H3,(H,73,85)(H,74,90)(H,75,88)(H,76,89)(H,77,91)/t41-,42-,43-,52-,53-,54-,55-,56-,57-/m0/s1. The van der Waals surface area contributed by atoms with Crippen molar-refractivity contribution in [1.29, 1.82) is 0 Å². The summed E-state index contributed by atoms with van der Waals surface area (Å²) in [6.07, 6.45) is 6.53. The number of fused-ring (bicyclic) bond motifs is 3. The van der Waals surface area contributed by atoms with Crippen LogP contribution in [0.1, 0.15) is 102 Å². The molecule has 0 bridgehead atoms. The minimum absolute atomic E-state index is 0.0707. The number of carbonyl (C=O) groups is 12. The van der Waals surface area contributed by atoms with Crippen LogP contribution in [0, 0.1) is 0 Å². The fourth-order valence-electron chi connectivity index (χ4n) is 12.7. The Balaban J connectivity index is 1.13. The molecule has 7 N–H and O–H groups in total. The lowest BCUT2D eigenvalue weighted by Gasteiger charge is -2.36. The predicted molar refractivity (Wildman–Crippen MR) is 360 cm³/mol. The fraction of sp³-hybridized carbons (Fsp3) is 0.507. The van der Waals surface area contributed by atoms with E-state index in [4.69, 9.17) is 11.6 Å². The molecule has 0 radical (unpaired) electrons. The Morgan fingerprint density at radius 1 is 0.542 bits per heavy atom. The van der Waals surface area contributed by atoms with E-state index < -0.39 is 145 Å². The Kier molecular flexibility index (Phi) is 24.8. The van der Waals surface area contributed by atoms with Crippen molar-refractivity contribution in [3.8, 4) is 0 Å². The van der Waals surface area contributed by atoms with Gasteiger partial charge in [-0.1, -0.05) is 79.9 Å². The van der Waals surface area contributed by atoms with Gasteiger partial charge in [0.15, 0.2) is 0 Å². The van der Waals surface area contributed by atoms with Gasteiger partial charge in [-0.2, -0.15) is 0 Å². The Labute approximate surface area is 564 Å². The summed E-state index contributed by atoms with van der Waals surface area (Å²) in [5.41, 5.74) is 3.37. The van der Waals surface area contributed by atoms with Crippen molar-refractivity contribution in [1.82, 2.24) is 70.9 Å². The highest BCUT2D eigenvalue weighted by atomic mass is 35.5. The smallest absolute Gasteiger partial charge is 0.245 e. The zero-order valence-electron chi connectivity index (χ0n) is 56.2. The van der Waals surface area contributed by atoms with E-state index in [2.05, 4.69) is 36.6 Å². The van der Waals surface area contributed by atoms with E-state index in [0.29, 0.717) is 66.9 Å². The third-order valence-corrected chi connectivity index (χ3v) is 19.0. The molecule has 96 heavy (non-hydrogen) atoms. The molecule has 8 rings (SSSR count). The Morgan fingerprint density at radius 2 is 1.11 bits per heavy atom. The molecule has 3 aromatic carbocycles. The maximum absolute atomic E-state index is 15.0. The number of H-pyrrole nitrogens is 2. The Hall–Kier alpha value is -9.33. The van der Waals surface area contributed by atoms with Gasteiger partial charge in [-0.25, -0.2) is 0 Å². The lowest BCUT2D eigenvalue weighted by atomic mass is 10.0. The van der Waals surface area contributed by atoms with Crippen molar-refractivity contribution < 1.29 is 57.5 Å². The maximum Gasteiger partial charge on any atom is 0.245 e. The normalized spacial score (nSPS) is 24.8. The number of aromatic nitrogens is 2. The van der Waals surface area contributed by atoms with Gasteiger partial charge in [0.05, 0.1) is 19.5 Å². The third-order valence-electron chi connectivity index (χ3n) is 18.8. The number of hydrogen-bond acceptors (Lipinski definition) is 12. The zero-order valence-corrected chi connectivity index (χ0v) is 57.0. The van der Waals surface area contributed by atoms with Crippen LogP contribution in [0.4, 0.5) is 0 Å². The lowest BCUT2D eigenvalue weighted by Crippen LogP contribution is -2.60. The molecule has 3 aliphatic heterocycles. The van der Waals surface area contributed by atoms with Gasteiger partial charge in [0.25, 0.3) is 0 Å². The van der Waals surface area contributed by atoms with Gasteiger partial charge < -0.3 is 70.9 Å². The summed E-state index contributed by atoms with van der Waals surface area (Å²) in [5.74, 6) is -8.33. The second-order valence-corrected chi connectivity index (χ2v) is 26.1. The highest BCUT2D eigenvalue weighted by Gasteiger charge is 2.42. The summed E-state index contributed by atoms with van der Waals surface area (Å²) in [6, 6.07) is 9.80. The average Bonchev–Trinajstić information content (AvgIpc) is 1.51. The lowest BCUT2D eigenvalue weighted by molar-refractivity contribution is -0.152. The Morgan fingerprint density at radius 3 is 1.75 bits per heavy atom. The number of carbonyl (C=O) groups excluding carboxylic acids is 12. The SMILES string of the molecule is CCCC[C@@H]1NC(=O)[C@H](Cc2c[nH]c3ccccc23)NC(=O)[C@H](C)NC(=O)C[C@@H](C(=O)N2CCCCC2)NC(=O)[C@@H]2CCCN2C(=O)CN(C)C(=O)[C@H](Cc2cccc(Cl)c2)N(C)C(=O)[C@H](C)N(C)C(=O)CN(C)C(=O)[C@H](C)N(C)C(=O)[C@H](Cc2c[nH]c3ccccc23)NC1=O. The van der Waals surface area contributed by atoms with Crippen molar-refractivity contribution in [2.45, 2.75) is 159 Å². The van der Waals surface area contributed by atoms with Gasteiger partial charge in [-0.15, -0.1) is 0 Å². The van der Waals surface area contributed by atoms with Crippen LogP contribution in [0.15, 0.2) is 85.2 Å². The number of likely N-dealkylation sites (tertiary alicyclic amines) is 1. The maximum atomic E-state index is 15.0. The van der Waals surface area contributed by atoms with Crippen molar-refractivity contribution in [2.24, 2.45) is 0 Å². The molecule has 0 aliphatic carbocycles. The van der Waals surface area contributed by atoms with Crippen LogP contribution < -0.4 is 26.6 Å². The first-order valence-corrected chi connectivity index (χ1v) is 33.4. The first kappa shape index (κ1) is 72.5. The number of amides is 12. The number of benzene rings is 3. The summed E-state index contributed by atoms with van der Waals surface area (Å²) >= 11 is 6.40. The largest absolute Gasteiger partial charge is 0.361 e. The van der Waals surface area contributed by atoms with Gasteiger partial charge in [0.2, 0.25) is 70.9 Å². The number of rotatable bonds is 10. The summed E-state index contributed by atoms with van der Waals surface area (Å²) in [4.78, 5) is 190. The zero-order chi connectivity index (χ0) is 69.7. The molecule has 3 saturated heterocycles. The van der Waals surface area contributed by atoms with Crippen LogP contribution in [0.25, 0.3) is 21.8 Å². The van der Waals surface area contributed by atoms with Crippen molar-refractivity contribution >= 4 is 104 Å². The number of likely N-dealkylation sites (N-methyl/N-ethyl adjacent to an activating group) is 5. The van der Waals surface area contributed by atoms with E-state index in [0.717, 1.165) is 42.9 Å². The predicted octanol–water partition coefficient (Wildman–Crippen LogP) is 2.81. The first-order valence-electron chi connectivity index (χ1n) is 33.0. The minimum Gasteiger partial charge on any atom is -0.361 e. The van der Waals surface area contributed by atoms with E-state index in [-0.39, 0.29) is 38.6 Å². The number of halogens is 1. The molecule has 516 valence electrons. The molecular formula is C69H91ClN14O12. The molecule has 27 heteroatoms. The van der Waals surface area contributed by atoms with Crippen LogP contribution in [-0.4, -0.2) is 237 Å². The average molecular weight is 1340 g/mol. The van der Waals surface area contributed by atoms with Crippen LogP contribution >= 0.6 is 11.6 Å². The molecule has 5 heterocycles. The van der Waals surface area contributed by atoms with Crippen LogP contribution in [0.3, 0.4) is 0 Å². The summed E-state index contributed by atoms with van der Waals surface area (Å²) in [5, 5.41) is 15.9. The van der Waals surface area contributed by atoms with Gasteiger partial charge in [0, 0.05) is 113 Å². The molecule has 3 aliphatic rings. The quantitative estimate of drug-likeness (QED) is 0.106. The second-order valence-electron chi connectivity index (χ2n) is 25.6. The van der Waals surface area contributed by atoms with E-state index in [1.54, 1.807) is 41.6 Å².